The maximum Gasteiger partial charge on any atom is 0.229 e. The van der Waals surface area contributed by atoms with Gasteiger partial charge in [-0.25, -0.2) is 0 Å². The summed E-state index contributed by atoms with van der Waals surface area (Å²) in [5.74, 6) is -0.708. The van der Waals surface area contributed by atoms with E-state index in [1.54, 1.807) is 23.1 Å². The molecular formula is C19H18Cl2N2O2. The zero-order valence-corrected chi connectivity index (χ0v) is 15.3. The molecule has 2 aromatic rings. The van der Waals surface area contributed by atoms with Crippen LogP contribution < -0.4 is 10.2 Å². The summed E-state index contributed by atoms with van der Waals surface area (Å²) < 4.78 is 0. The van der Waals surface area contributed by atoms with Crippen LogP contribution in [0.15, 0.2) is 42.5 Å². The monoisotopic (exact) mass is 376 g/mol. The first-order valence-corrected chi connectivity index (χ1v) is 8.88. The minimum Gasteiger partial charge on any atom is -0.324 e. The van der Waals surface area contributed by atoms with Crippen LogP contribution in [0.1, 0.15) is 18.9 Å². The van der Waals surface area contributed by atoms with Crippen molar-refractivity contribution in [3.8, 4) is 0 Å². The first kappa shape index (κ1) is 17.8. The van der Waals surface area contributed by atoms with Crippen LogP contribution in [0.5, 0.6) is 0 Å². The van der Waals surface area contributed by atoms with Crippen molar-refractivity contribution in [1.29, 1.82) is 0 Å². The van der Waals surface area contributed by atoms with Gasteiger partial charge < -0.3 is 10.2 Å². The summed E-state index contributed by atoms with van der Waals surface area (Å²) in [6.07, 6.45) is 1.12. The molecule has 2 amide bonds. The first-order valence-electron chi connectivity index (χ1n) is 8.13. The number of hydrogen-bond acceptors (Lipinski definition) is 2. The highest BCUT2D eigenvalue weighted by Gasteiger charge is 2.35. The zero-order chi connectivity index (χ0) is 18.0. The number of aryl methyl sites for hydroxylation is 1. The molecule has 1 atom stereocenters. The van der Waals surface area contributed by atoms with Gasteiger partial charge in [0.25, 0.3) is 0 Å². The Labute approximate surface area is 156 Å². The molecule has 1 aliphatic rings. The molecule has 0 aliphatic carbocycles. The van der Waals surface area contributed by atoms with Crippen LogP contribution in [-0.4, -0.2) is 18.4 Å². The molecule has 1 aliphatic heterocycles. The lowest BCUT2D eigenvalue weighted by Gasteiger charge is -2.17. The summed E-state index contributed by atoms with van der Waals surface area (Å²) in [6, 6.07) is 12.7. The van der Waals surface area contributed by atoms with Crippen LogP contribution >= 0.6 is 23.2 Å². The van der Waals surface area contributed by atoms with E-state index < -0.39 is 5.92 Å². The average molecular weight is 377 g/mol. The molecule has 130 valence electrons. The third kappa shape index (κ3) is 3.97. The Kier molecular flexibility index (Phi) is 5.30. The maximum atomic E-state index is 12.5. The molecule has 1 saturated heterocycles. The van der Waals surface area contributed by atoms with Crippen LogP contribution in [0.3, 0.4) is 0 Å². The van der Waals surface area contributed by atoms with E-state index in [0.717, 1.165) is 12.1 Å². The number of anilines is 2. The van der Waals surface area contributed by atoms with E-state index in [1.165, 1.54) is 5.56 Å². The summed E-state index contributed by atoms with van der Waals surface area (Å²) in [6.45, 7) is 2.44. The molecule has 0 saturated carbocycles. The summed E-state index contributed by atoms with van der Waals surface area (Å²) in [7, 11) is 0. The summed E-state index contributed by atoms with van der Waals surface area (Å²) in [5, 5.41) is 3.67. The van der Waals surface area contributed by atoms with Crippen molar-refractivity contribution in [2.24, 2.45) is 5.92 Å². The van der Waals surface area contributed by atoms with Gasteiger partial charge in [-0.1, -0.05) is 42.3 Å². The molecule has 0 aromatic heterocycles. The minimum atomic E-state index is -0.423. The van der Waals surface area contributed by atoms with Crippen LogP contribution in [-0.2, 0) is 16.0 Å². The molecule has 0 radical (unpaired) electrons. The van der Waals surface area contributed by atoms with Gasteiger partial charge in [0, 0.05) is 23.7 Å². The third-order valence-electron chi connectivity index (χ3n) is 4.34. The van der Waals surface area contributed by atoms with Crippen molar-refractivity contribution in [2.45, 2.75) is 19.8 Å². The van der Waals surface area contributed by atoms with Crippen molar-refractivity contribution in [3.63, 3.8) is 0 Å². The molecule has 1 fully saturated rings. The van der Waals surface area contributed by atoms with Crippen LogP contribution in [0.2, 0.25) is 10.0 Å². The third-order valence-corrected chi connectivity index (χ3v) is 4.90. The van der Waals surface area contributed by atoms with Gasteiger partial charge in [-0.15, -0.1) is 0 Å². The number of hydrogen-bond donors (Lipinski definition) is 1. The maximum absolute atomic E-state index is 12.5. The molecule has 3 rings (SSSR count). The predicted octanol–water partition coefficient (Wildman–Crippen LogP) is 4.55. The Hall–Kier alpha value is -2.04. The number of amides is 2. The van der Waals surface area contributed by atoms with Gasteiger partial charge in [-0.3, -0.25) is 9.59 Å². The highest BCUT2D eigenvalue weighted by atomic mass is 35.5. The topological polar surface area (TPSA) is 49.4 Å². The largest absolute Gasteiger partial charge is 0.324 e. The summed E-state index contributed by atoms with van der Waals surface area (Å²) in [4.78, 5) is 26.5. The van der Waals surface area contributed by atoms with E-state index in [9.17, 15) is 9.59 Å². The van der Waals surface area contributed by atoms with Gasteiger partial charge >= 0.3 is 0 Å². The number of carbonyl (C=O) groups excluding carboxylic acids is 2. The van der Waals surface area contributed by atoms with E-state index in [-0.39, 0.29) is 18.2 Å². The summed E-state index contributed by atoms with van der Waals surface area (Å²) in [5.41, 5.74) is 2.48. The molecule has 25 heavy (non-hydrogen) atoms. The van der Waals surface area contributed by atoms with Gasteiger partial charge in [0.1, 0.15) is 0 Å². The number of carbonyl (C=O) groups is 2. The van der Waals surface area contributed by atoms with Gasteiger partial charge in [-0.05, 0) is 42.3 Å². The Morgan fingerprint density at radius 1 is 1.20 bits per heavy atom. The molecule has 4 nitrogen and oxygen atoms in total. The standard InChI is InChI=1S/C19H18Cl2N2O2/c1-2-12-3-6-15(7-4-12)23-11-13(9-18(23)24)19(25)22-17-10-14(20)5-8-16(17)21/h3-8,10,13H,2,9,11H2,1H3,(H,22,25). The van der Waals surface area contributed by atoms with Crippen LogP contribution in [0.4, 0.5) is 11.4 Å². The van der Waals surface area contributed by atoms with Crippen molar-refractivity contribution >= 4 is 46.4 Å². The fraction of sp³-hybridized carbons (Fsp3) is 0.263. The Morgan fingerprint density at radius 2 is 1.92 bits per heavy atom. The van der Waals surface area contributed by atoms with E-state index in [1.807, 2.05) is 24.3 Å². The fourth-order valence-electron chi connectivity index (χ4n) is 2.87. The highest BCUT2D eigenvalue weighted by Crippen LogP contribution is 2.29. The van der Waals surface area contributed by atoms with E-state index in [2.05, 4.69) is 12.2 Å². The van der Waals surface area contributed by atoms with Gasteiger partial charge in [0.2, 0.25) is 11.8 Å². The van der Waals surface area contributed by atoms with Crippen LogP contribution in [0, 0.1) is 5.92 Å². The lowest BCUT2D eigenvalue weighted by atomic mass is 10.1. The van der Waals surface area contributed by atoms with Crippen LogP contribution in [0.25, 0.3) is 0 Å². The Balaban J connectivity index is 1.70. The predicted molar refractivity (Wildman–Crippen MR) is 101 cm³/mol. The SMILES string of the molecule is CCc1ccc(N2CC(C(=O)Nc3cc(Cl)ccc3Cl)CC2=O)cc1. The van der Waals surface area contributed by atoms with E-state index in [4.69, 9.17) is 23.2 Å². The van der Waals surface area contributed by atoms with Gasteiger partial charge in [0.15, 0.2) is 0 Å². The Morgan fingerprint density at radius 3 is 2.60 bits per heavy atom. The van der Waals surface area contributed by atoms with Gasteiger partial charge in [-0.2, -0.15) is 0 Å². The number of rotatable bonds is 4. The molecule has 0 bridgehead atoms. The molecular weight excluding hydrogens is 359 g/mol. The highest BCUT2D eigenvalue weighted by molar-refractivity contribution is 6.35. The first-order chi connectivity index (χ1) is 12.0. The second kappa shape index (κ2) is 7.46. The molecule has 6 heteroatoms. The molecule has 2 aromatic carbocycles. The lowest BCUT2D eigenvalue weighted by Crippen LogP contribution is -2.28. The summed E-state index contributed by atoms with van der Waals surface area (Å²) >= 11 is 12.0. The second-order valence-corrected chi connectivity index (χ2v) is 6.88. The van der Waals surface area contributed by atoms with E-state index in [0.29, 0.717) is 22.3 Å². The van der Waals surface area contributed by atoms with Crippen molar-refractivity contribution < 1.29 is 9.59 Å². The Bertz CT molecular complexity index is 806. The van der Waals surface area contributed by atoms with E-state index >= 15 is 0 Å². The minimum absolute atomic E-state index is 0.0541. The smallest absolute Gasteiger partial charge is 0.229 e. The second-order valence-electron chi connectivity index (χ2n) is 6.04. The fourth-order valence-corrected chi connectivity index (χ4v) is 3.21. The normalized spacial score (nSPS) is 17.0. The number of nitrogens with zero attached hydrogens (tertiary/aromatic N) is 1. The number of benzene rings is 2. The number of nitrogens with one attached hydrogen (secondary N) is 1. The molecule has 0 spiro atoms. The average Bonchev–Trinajstić information content (AvgIpc) is 3.00. The quantitative estimate of drug-likeness (QED) is 0.850. The zero-order valence-electron chi connectivity index (χ0n) is 13.8. The number of halogens is 2. The molecule has 1 heterocycles. The molecule has 1 N–H and O–H groups in total. The van der Waals surface area contributed by atoms with Gasteiger partial charge in [0.05, 0.1) is 16.6 Å². The molecule has 1 unspecified atom stereocenters. The van der Waals surface area contributed by atoms with Crippen molar-refractivity contribution in [1.82, 2.24) is 0 Å². The van der Waals surface area contributed by atoms with Crippen molar-refractivity contribution in [2.75, 3.05) is 16.8 Å². The van der Waals surface area contributed by atoms with Crippen molar-refractivity contribution in [3.05, 3.63) is 58.1 Å². The lowest BCUT2D eigenvalue weighted by molar-refractivity contribution is -0.122.